The lowest BCUT2D eigenvalue weighted by molar-refractivity contribution is -0.0209. The second kappa shape index (κ2) is 15.1. The molecule has 0 saturated carbocycles. The molecule has 0 fully saturated rings. The first-order valence-corrected chi connectivity index (χ1v) is 9.60. The lowest BCUT2D eigenvalue weighted by Crippen LogP contribution is -2.13. The Labute approximate surface area is 174 Å². The van der Waals surface area contributed by atoms with Crippen LogP contribution >= 0.6 is 31.9 Å². The van der Waals surface area contributed by atoms with Gasteiger partial charge in [0.15, 0.2) is 31.4 Å². The van der Waals surface area contributed by atoms with Crippen LogP contribution in [0.3, 0.4) is 0 Å². The van der Waals surface area contributed by atoms with E-state index in [1.54, 1.807) is 14.2 Å². The monoisotopic (exact) mass is 460 g/mol. The first-order chi connectivity index (χ1) is 13.5. The first-order valence-electron chi connectivity index (χ1n) is 8.11. The molecular formula is C16H23Cl2O9P. The molecule has 0 amide bonds. The average Bonchev–Trinajstić information content (AvgIpc) is 2.66. The predicted molar refractivity (Wildman–Crippen MR) is 102 cm³/mol. The lowest BCUT2D eigenvalue weighted by Gasteiger charge is -2.18. The van der Waals surface area contributed by atoms with Crippen molar-refractivity contribution in [1.29, 1.82) is 0 Å². The van der Waals surface area contributed by atoms with E-state index in [9.17, 15) is 9.67 Å². The van der Waals surface area contributed by atoms with Crippen LogP contribution in [0.5, 0.6) is 11.5 Å². The largest absolute Gasteiger partial charge is 0.462 e. The molecule has 1 rings (SSSR count). The maximum absolute atomic E-state index is 10.5. The molecule has 1 aromatic carbocycles. The van der Waals surface area contributed by atoms with Crippen molar-refractivity contribution in [3.05, 3.63) is 21.7 Å². The second-order valence-electron chi connectivity index (χ2n) is 5.15. The van der Waals surface area contributed by atoms with Crippen molar-refractivity contribution in [2.24, 2.45) is 0 Å². The van der Waals surface area contributed by atoms with Crippen LogP contribution in [0.4, 0.5) is 0 Å². The number of aliphatic hydroxyl groups excluding tert-OH is 1. The summed E-state index contributed by atoms with van der Waals surface area (Å²) >= 11 is 12.7. The topological polar surface area (TPSA) is 102 Å². The van der Waals surface area contributed by atoms with Gasteiger partial charge in [0, 0.05) is 20.6 Å². The van der Waals surface area contributed by atoms with Crippen molar-refractivity contribution >= 4 is 31.9 Å². The van der Waals surface area contributed by atoms with Crippen LogP contribution in [0.25, 0.3) is 0 Å². The maximum atomic E-state index is 10.5. The van der Waals surface area contributed by atoms with Crippen molar-refractivity contribution in [1.82, 2.24) is 0 Å². The number of methoxy groups -OCH3 is 2. The van der Waals surface area contributed by atoms with Crippen LogP contribution in [0.1, 0.15) is 5.56 Å². The minimum atomic E-state index is -1.34. The standard InChI is InChI=1S/C16H23Cl2O9P/c1-21-3-5-23-9-25-15-12(17)7-11(8-13(19)27-28-20)14(18)16(15)26-10-24-6-4-22-2/h7,13,19H,3-6,8-10H2,1-2H3. The second-order valence-corrected chi connectivity index (χ2v) is 6.30. The van der Waals surface area contributed by atoms with Gasteiger partial charge < -0.3 is 33.5 Å². The van der Waals surface area contributed by atoms with E-state index >= 15 is 0 Å². The Morgan fingerprint density at radius 1 is 1.00 bits per heavy atom. The van der Waals surface area contributed by atoms with Gasteiger partial charge in [0.25, 0.3) is 0 Å². The highest BCUT2D eigenvalue weighted by Gasteiger charge is 2.21. The Hall–Kier alpha value is -0.740. The molecule has 1 atom stereocenters. The molecule has 160 valence electrons. The highest BCUT2D eigenvalue weighted by atomic mass is 35.5. The summed E-state index contributed by atoms with van der Waals surface area (Å²) in [4.78, 5) is 0. The van der Waals surface area contributed by atoms with Crippen molar-refractivity contribution in [2.75, 3.05) is 54.2 Å². The molecule has 28 heavy (non-hydrogen) atoms. The van der Waals surface area contributed by atoms with Gasteiger partial charge in [0.1, 0.15) is 0 Å². The quantitative estimate of drug-likeness (QED) is 0.226. The molecular weight excluding hydrogens is 438 g/mol. The van der Waals surface area contributed by atoms with Crippen molar-refractivity contribution in [3.8, 4) is 11.5 Å². The number of hydrogen-bond acceptors (Lipinski definition) is 9. The smallest absolute Gasteiger partial charge is 0.329 e. The molecule has 0 aromatic heterocycles. The van der Waals surface area contributed by atoms with E-state index in [0.29, 0.717) is 32.0 Å². The van der Waals surface area contributed by atoms with Crippen molar-refractivity contribution in [2.45, 2.75) is 12.7 Å². The summed E-state index contributed by atoms with van der Waals surface area (Å²) in [5.74, 6) is 0.268. The fourth-order valence-corrected chi connectivity index (χ4v) is 2.64. The Balaban J connectivity index is 2.93. The SMILES string of the molecule is COCCOCOc1c(Cl)cc(CC(O)OP=O)c(Cl)c1OCOCCOC. The molecule has 0 spiro atoms. The Kier molecular flexibility index (Phi) is 13.7. The van der Waals surface area contributed by atoms with Crippen molar-refractivity contribution in [3.63, 3.8) is 0 Å². The van der Waals surface area contributed by atoms with E-state index in [0.717, 1.165) is 0 Å². The summed E-state index contributed by atoms with van der Waals surface area (Å²) in [6.45, 7) is 1.20. The molecule has 1 aromatic rings. The normalized spacial score (nSPS) is 12.3. The average molecular weight is 461 g/mol. The maximum Gasteiger partial charge on any atom is 0.329 e. The van der Waals surface area contributed by atoms with Gasteiger partial charge in [0.2, 0.25) is 0 Å². The summed E-state index contributed by atoms with van der Waals surface area (Å²) in [5.41, 5.74) is 0.405. The number of hydrogen-bond donors (Lipinski definition) is 1. The van der Waals surface area contributed by atoms with Crippen LogP contribution in [-0.4, -0.2) is 65.6 Å². The number of aliphatic hydroxyl groups is 1. The third kappa shape index (κ3) is 9.17. The van der Waals surface area contributed by atoms with Gasteiger partial charge >= 0.3 is 8.69 Å². The van der Waals surface area contributed by atoms with Crippen LogP contribution < -0.4 is 9.47 Å². The Morgan fingerprint density at radius 2 is 1.57 bits per heavy atom. The molecule has 0 aliphatic heterocycles. The molecule has 12 heteroatoms. The molecule has 0 aliphatic rings. The van der Waals surface area contributed by atoms with E-state index in [2.05, 4.69) is 4.52 Å². The lowest BCUT2D eigenvalue weighted by atomic mass is 10.1. The Morgan fingerprint density at radius 3 is 2.11 bits per heavy atom. The molecule has 1 N–H and O–H groups in total. The summed E-state index contributed by atoms with van der Waals surface area (Å²) in [6, 6.07) is 1.49. The van der Waals surface area contributed by atoms with E-state index in [-0.39, 0.29) is 41.6 Å². The summed E-state index contributed by atoms with van der Waals surface area (Å²) in [5, 5.41) is 10.0. The third-order valence-electron chi connectivity index (χ3n) is 3.20. The van der Waals surface area contributed by atoms with E-state index in [4.69, 9.17) is 51.6 Å². The van der Waals surface area contributed by atoms with Gasteiger partial charge in [-0.1, -0.05) is 23.2 Å². The minimum absolute atomic E-state index is 0.0701. The zero-order valence-electron chi connectivity index (χ0n) is 15.5. The minimum Gasteiger partial charge on any atom is -0.462 e. The summed E-state index contributed by atoms with van der Waals surface area (Å²) in [7, 11) is 2.45. The van der Waals surface area contributed by atoms with E-state index in [1.165, 1.54) is 6.07 Å². The van der Waals surface area contributed by atoms with Crippen LogP contribution in [-0.2, 0) is 34.5 Å². The summed E-state index contributed by atoms with van der Waals surface area (Å²) in [6.07, 6.45) is -1.41. The van der Waals surface area contributed by atoms with Gasteiger partial charge in [-0.15, -0.1) is 0 Å². The number of benzene rings is 1. The molecule has 0 aliphatic carbocycles. The molecule has 0 saturated heterocycles. The van der Waals surface area contributed by atoms with Crippen molar-refractivity contribution < 1.29 is 42.6 Å². The van der Waals surface area contributed by atoms with Gasteiger partial charge in [-0.3, -0.25) is 4.52 Å². The molecule has 0 bridgehead atoms. The van der Waals surface area contributed by atoms with Gasteiger partial charge in [0.05, 0.1) is 36.5 Å². The Bertz CT molecular complexity index is 592. The van der Waals surface area contributed by atoms with Gasteiger partial charge in [-0.25, -0.2) is 4.57 Å². The highest BCUT2D eigenvalue weighted by molar-refractivity contribution is 7.17. The molecule has 1 unspecified atom stereocenters. The van der Waals surface area contributed by atoms with E-state index in [1.807, 2.05) is 0 Å². The van der Waals surface area contributed by atoms with Gasteiger partial charge in [-0.05, 0) is 11.6 Å². The first kappa shape index (κ1) is 25.3. The highest BCUT2D eigenvalue weighted by Crippen LogP contribution is 2.44. The number of halogens is 2. The van der Waals surface area contributed by atoms with Crippen LogP contribution in [0, 0.1) is 0 Å². The number of ether oxygens (including phenoxy) is 6. The number of rotatable bonds is 16. The zero-order chi connectivity index (χ0) is 20.8. The molecule has 0 radical (unpaired) electrons. The molecule has 9 nitrogen and oxygen atoms in total. The zero-order valence-corrected chi connectivity index (χ0v) is 17.9. The van der Waals surface area contributed by atoms with Gasteiger partial charge in [-0.2, -0.15) is 0 Å². The van der Waals surface area contributed by atoms with Crippen LogP contribution in [0.15, 0.2) is 6.07 Å². The van der Waals surface area contributed by atoms with Crippen LogP contribution in [0.2, 0.25) is 10.0 Å². The third-order valence-corrected chi connectivity index (χ3v) is 4.23. The summed E-state index contributed by atoms with van der Waals surface area (Å²) < 4.78 is 46.4. The predicted octanol–water partition coefficient (Wildman–Crippen LogP) is 3.08. The fourth-order valence-electron chi connectivity index (χ4n) is 1.93. The fraction of sp³-hybridized carbons (Fsp3) is 0.625. The molecule has 0 heterocycles. The van der Waals surface area contributed by atoms with E-state index < -0.39 is 15.0 Å².